The summed E-state index contributed by atoms with van der Waals surface area (Å²) in [5, 5.41) is 0. The van der Waals surface area contributed by atoms with E-state index in [1.807, 2.05) is 19.2 Å². The predicted octanol–water partition coefficient (Wildman–Crippen LogP) is 5.47. The molecular weight excluding hydrogens is 316 g/mol. The topological polar surface area (TPSA) is 34.5 Å². The molecule has 0 aromatic carbocycles. The van der Waals surface area contributed by atoms with Gasteiger partial charge < -0.3 is 4.74 Å². The first-order valence-electron chi connectivity index (χ1n) is 7.37. The molecule has 0 saturated heterocycles. The van der Waals surface area contributed by atoms with Crippen molar-refractivity contribution in [3.05, 3.63) is 16.2 Å². The van der Waals surface area contributed by atoms with Crippen molar-refractivity contribution in [3.63, 3.8) is 0 Å². The SMILES string of the molecule is CCCC=Nc1cc(Br)c(OCCCC(C)C)nc1C. The lowest BCUT2D eigenvalue weighted by Gasteiger charge is -2.10. The van der Waals surface area contributed by atoms with Crippen LogP contribution in [0.15, 0.2) is 15.5 Å². The molecule has 1 heterocycles. The van der Waals surface area contributed by atoms with E-state index in [0.29, 0.717) is 18.4 Å². The van der Waals surface area contributed by atoms with Gasteiger partial charge in [-0.2, -0.15) is 0 Å². The molecule has 0 radical (unpaired) electrons. The zero-order valence-electron chi connectivity index (χ0n) is 12.9. The molecule has 3 nitrogen and oxygen atoms in total. The first-order chi connectivity index (χ1) is 9.54. The summed E-state index contributed by atoms with van der Waals surface area (Å²) in [6.07, 6.45) is 6.27. The zero-order valence-corrected chi connectivity index (χ0v) is 14.5. The Labute approximate surface area is 131 Å². The number of unbranched alkanes of at least 4 members (excludes halogenated alkanes) is 1. The van der Waals surface area contributed by atoms with Crippen molar-refractivity contribution in [1.82, 2.24) is 4.98 Å². The van der Waals surface area contributed by atoms with Crippen LogP contribution in [0.3, 0.4) is 0 Å². The molecule has 1 aromatic rings. The molecule has 0 N–H and O–H groups in total. The van der Waals surface area contributed by atoms with Crippen LogP contribution >= 0.6 is 15.9 Å². The number of aliphatic imine (C=N–C) groups is 1. The highest BCUT2D eigenvalue weighted by Crippen LogP contribution is 2.29. The number of aromatic nitrogens is 1. The minimum absolute atomic E-state index is 0.667. The van der Waals surface area contributed by atoms with Crippen LogP contribution in [0.2, 0.25) is 0 Å². The molecule has 0 spiro atoms. The summed E-state index contributed by atoms with van der Waals surface area (Å²) in [6, 6.07) is 1.98. The van der Waals surface area contributed by atoms with Crippen molar-refractivity contribution >= 4 is 27.8 Å². The molecule has 0 unspecified atom stereocenters. The highest BCUT2D eigenvalue weighted by molar-refractivity contribution is 9.10. The quantitative estimate of drug-likeness (QED) is 0.464. The van der Waals surface area contributed by atoms with Crippen LogP contribution in [0.25, 0.3) is 0 Å². The first-order valence-corrected chi connectivity index (χ1v) is 8.16. The molecule has 20 heavy (non-hydrogen) atoms. The summed E-state index contributed by atoms with van der Waals surface area (Å²) >= 11 is 3.51. The Kier molecular flexibility index (Phi) is 7.82. The van der Waals surface area contributed by atoms with E-state index in [2.05, 4.69) is 46.7 Å². The van der Waals surface area contributed by atoms with Gasteiger partial charge in [0, 0.05) is 6.21 Å². The highest BCUT2D eigenvalue weighted by atomic mass is 79.9. The highest BCUT2D eigenvalue weighted by Gasteiger charge is 2.08. The van der Waals surface area contributed by atoms with Crippen LogP contribution in [0.1, 0.15) is 52.1 Å². The van der Waals surface area contributed by atoms with Crippen LogP contribution < -0.4 is 4.74 Å². The normalized spacial score (nSPS) is 11.5. The van der Waals surface area contributed by atoms with Gasteiger partial charge in [-0.15, -0.1) is 0 Å². The Morgan fingerprint density at radius 1 is 1.45 bits per heavy atom. The molecule has 0 amide bonds. The maximum absolute atomic E-state index is 5.74. The molecule has 0 bridgehead atoms. The summed E-state index contributed by atoms with van der Waals surface area (Å²) in [7, 11) is 0. The van der Waals surface area contributed by atoms with E-state index < -0.39 is 0 Å². The van der Waals surface area contributed by atoms with Gasteiger partial charge in [0.15, 0.2) is 0 Å². The molecule has 0 aliphatic rings. The van der Waals surface area contributed by atoms with Crippen molar-refractivity contribution in [2.75, 3.05) is 6.61 Å². The predicted molar refractivity (Wildman–Crippen MR) is 89.3 cm³/mol. The molecule has 0 aliphatic carbocycles. The summed E-state index contributed by atoms with van der Waals surface area (Å²) in [4.78, 5) is 8.93. The second-order valence-corrected chi connectivity index (χ2v) is 6.22. The van der Waals surface area contributed by atoms with Gasteiger partial charge in [0.25, 0.3) is 0 Å². The largest absolute Gasteiger partial charge is 0.477 e. The second kappa shape index (κ2) is 9.11. The lowest BCUT2D eigenvalue weighted by molar-refractivity contribution is 0.285. The molecule has 0 aliphatic heterocycles. The molecule has 4 heteroatoms. The van der Waals surface area contributed by atoms with Gasteiger partial charge in [0.05, 0.1) is 22.5 Å². The van der Waals surface area contributed by atoms with E-state index in [1.54, 1.807) is 0 Å². The Bertz CT molecular complexity index is 444. The third-order valence-electron chi connectivity index (χ3n) is 2.92. The summed E-state index contributed by atoms with van der Waals surface area (Å²) < 4.78 is 6.61. The number of ether oxygens (including phenoxy) is 1. The van der Waals surface area contributed by atoms with Crippen molar-refractivity contribution in [2.24, 2.45) is 10.9 Å². The first kappa shape index (κ1) is 17.2. The van der Waals surface area contributed by atoms with Crippen LogP contribution in [0.5, 0.6) is 5.88 Å². The third-order valence-corrected chi connectivity index (χ3v) is 3.49. The monoisotopic (exact) mass is 340 g/mol. The standard InChI is InChI=1S/C16H25BrN2O/c1-5-6-9-18-15-11-14(17)16(19-13(15)4)20-10-7-8-12(2)3/h9,11-12H,5-8,10H2,1-4H3. The van der Waals surface area contributed by atoms with Gasteiger partial charge in [-0.25, -0.2) is 4.98 Å². The van der Waals surface area contributed by atoms with E-state index in [4.69, 9.17) is 4.74 Å². The maximum Gasteiger partial charge on any atom is 0.228 e. The van der Waals surface area contributed by atoms with Gasteiger partial charge in [0.1, 0.15) is 0 Å². The fraction of sp³-hybridized carbons (Fsp3) is 0.625. The zero-order chi connectivity index (χ0) is 15.0. The van der Waals surface area contributed by atoms with Gasteiger partial charge in [-0.1, -0.05) is 27.2 Å². The van der Waals surface area contributed by atoms with E-state index in [-0.39, 0.29) is 0 Å². The van der Waals surface area contributed by atoms with Crippen molar-refractivity contribution < 1.29 is 4.74 Å². The van der Waals surface area contributed by atoms with Crippen molar-refractivity contribution in [2.45, 2.75) is 53.4 Å². The van der Waals surface area contributed by atoms with Crippen LogP contribution in [-0.4, -0.2) is 17.8 Å². The number of pyridine rings is 1. The van der Waals surface area contributed by atoms with E-state index in [9.17, 15) is 0 Å². The Morgan fingerprint density at radius 3 is 2.85 bits per heavy atom. The van der Waals surface area contributed by atoms with Gasteiger partial charge in [-0.3, -0.25) is 4.99 Å². The number of rotatable bonds is 8. The molecule has 0 fully saturated rings. The Morgan fingerprint density at radius 2 is 2.20 bits per heavy atom. The molecule has 1 aromatic heterocycles. The number of hydrogen-bond acceptors (Lipinski definition) is 3. The fourth-order valence-corrected chi connectivity index (χ4v) is 2.15. The average Bonchev–Trinajstić information content (AvgIpc) is 2.39. The molecule has 0 atom stereocenters. The van der Waals surface area contributed by atoms with Gasteiger partial charge in [-0.05, 0) is 54.1 Å². The van der Waals surface area contributed by atoms with Crippen LogP contribution in [-0.2, 0) is 0 Å². The lowest BCUT2D eigenvalue weighted by atomic mass is 10.1. The summed E-state index contributed by atoms with van der Waals surface area (Å²) in [5.74, 6) is 1.38. The summed E-state index contributed by atoms with van der Waals surface area (Å²) in [5.41, 5.74) is 1.80. The van der Waals surface area contributed by atoms with Gasteiger partial charge >= 0.3 is 0 Å². The lowest BCUT2D eigenvalue weighted by Crippen LogP contribution is -2.02. The number of hydrogen-bond donors (Lipinski definition) is 0. The van der Waals surface area contributed by atoms with Gasteiger partial charge in [0.2, 0.25) is 5.88 Å². The second-order valence-electron chi connectivity index (χ2n) is 5.36. The Hall–Kier alpha value is -0.900. The summed E-state index contributed by atoms with van der Waals surface area (Å²) in [6.45, 7) is 9.26. The molecule has 0 saturated carbocycles. The minimum Gasteiger partial charge on any atom is -0.477 e. The average molecular weight is 341 g/mol. The molecule has 1 rings (SSSR count). The fourth-order valence-electron chi connectivity index (χ4n) is 1.73. The van der Waals surface area contributed by atoms with E-state index in [1.165, 1.54) is 6.42 Å². The Balaban J connectivity index is 2.63. The third kappa shape index (κ3) is 6.04. The van der Waals surface area contributed by atoms with Crippen LogP contribution in [0.4, 0.5) is 5.69 Å². The van der Waals surface area contributed by atoms with Crippen molar-refractivity contribution in [1.29, 1.82) is 0 Å². The van der Waals surface area contributed by atoms with E-state index >= 15 is 0 Å². The molecule has 112 valence electrons. The number of nitrogens with zero attached hydrogens (tertiary/aromatic N) is 2. The molecular formula is C16H25BrN2O. The van der Waals surface area contributed by atoms with E-state index in [0.717, 1.165) is 35.1 Å². The number of aryl methyl sites for hydroxylation is 1. The maximum atomic E-state index is 5.74. The van der Waals surface area contributed by atoms with Crippen molar-refractivity contribution in [3.8, 4) is 5.88 Å². The van der Waals surface area contributed by atoms with Crippen LogP contribution in [0, 0.1) is 12.8 Å². The number of halogens is 1. The smallest absolute Gasteiger partial charge is 0.228 e. The minimum atomic E-state index is 0.667.